The van der Waals surface area contributed by atoms with E-state index >= 15 is 0 Å². The summed E-state index contributed by atoms with van der Waals surface area (Å²) in [5.41, 5.74) is 2.12. The minimum Gasteiger partial charge on any atom is -0.345 e. The fraction of sp³-hybridized carbons (Fsp3) is 0.407. The number of hydrogen-bond donors (Lipinski definition) is 0. The molecule has 0 unspecified atom stereocenters. The molecule has 0 N–H and O–H groups in total. The number of nitrogens with zero attached hydrogens (tertiary/aromatic N) is 5. The van der Waals surface area contributed by atoms with Crippen LogP contribution in [0.1, 0.15) is 23.2 Å². The average Bonchev–Trinajstić information content (AvgIpc) is 3.33. The van der Waals surface area contributed by atoms with Gasteiger partial charge in [0.05, 0.1) is 17.7 Å². The first-order chi connectivity index (χ1) is 16.8. The number of aromatic nitrogens is 1. The zero-order valence-electron chi connectivity index (χ0n) is 20.6. The molecule has 8 heteroatoms. The molecule has 2 aliphatic rings. The molecule has 2 aromatic carbocycles. The second kappa shape index (κ2) is 9.21. The van der Waals surface area contributed by atoms with E-state index in [0.29, 0.717) is 43.2 Å². The lowest BCUT2D eigenvalue weighted by Crippen LogP contribution is -2.57. The molecule has 1 aromatic heterocycles. The van der Waals surface area contributed by atoms with Crippen LogP contribution in [0.25, 0.3) is 10.9 Å². The number of halogens is 1. The van der Waals surface area contributed by atoms with Crippen LogP contribution >= 0.6 is 11.6 Å². The van der Waals surface area contributed by atoms with Crippen molar-refractivity contribution in [3.8, 4) is 0 Å². The Bertz CT molecular complexity index is 1250. The summed E-state index contributed by atoms with van der Waals surface area (Å²) in [6.07, 6.45) is 3.19. The van der Waals surface area contributed by atoms with Crippen LogP contribution in [0, 0.1) is 0 Å². The molecule has 0 saturated carbocycles. The van der Waals surface area contributed by atoms with E-state index in [9.17, 15) is 9.59 Å². The number of carbonyl (C=O) groups excluding carboxylic acids is 2. The van der Waals surface area contributed by atoms with Gasteiger partial charge in [0.1, 0.15) is 5.54 Å². The summed E-state index contributed by atoms with van der Waals surface area (Å²) < 4.78 is 2.12. The number of piperidine rings is 1. The van der Waals surface area contributed by atoms with Crippen molar-refractivity contribution in [3.05, 3.63) is 65.3 Å². The summed E-state index contributed by atoms with van der Waals surface area (Å²) in [4.78, 5) is 35.1. The topological polar surface area (TPSA) is 52.0 Å². The smallest absolute Gasteiger partial charge is 0.256 e. The number of benzene rings is 2. The Kier molecular flexibility index (Phi) is 6.23. The first-order valence-corrected chi connectivity index (χ1v) is 12.5. The molecular formula is C27H32ClN5O2. The maximum absolute atomic E-state index is 13.7. The Morgan fingerprint density at radius 3 is 2.49 bits per heavy atom. The van der Waals surface area contributed by atoms with Gasteiger partial charge in [-0.25, -0.2) is 0 Å². The van der Waals surface area contributed by atoms with Crippen molar-refractivity contribution in [2.45, 2.75) is 24.9 Å². The summed E-state index contributed by atoms with van der Waals surface area (Å²) in [7, 11) is 5.93. The predicted molar refractivity (Wildman–Crippen MR) is 140 cm³/mol. The van der Waals surface area contributed by atoms with E-state index in [1.54, 1.807) is 4.90 Å². The molecule has 0 atom stereocenters. The fourth-order valence-corrected chi connectivity index (χ4v) is 5.65. The molecule has 2 aliphatic heterocycles. The number of rotatable bonds is 5. The minimum atomic E-state index is -0.597. The maximum atomic E-state index is 13.7. The SMILES string of the molecule is CN(C)CCn1cc(C(=O)N2CCC3(CC2)C(=O)N(C)CN3c2ccccc2)c2ccc(Cl)cc21. The van der Waals surface area contributed by atoms with E-state index in [1.807, 2.05) is 68.6 Å². The molecule has 7 nitrogen and oxygen atoms in total. The minimum absolute atomic E-state index is 0.0147. The number of amides is 2. The van der Waals surface area contributed by atoms with E-state index in [2.05, 4.69) is 26.5 Å². The molecule has 0 radical (unpaired) electrons. The van der Waals surface area contributed by atoms with E-state index in [1.165, 1.54) is 0 Å². The molecule has 2 fully saturated rings. The monoisotopic (exact) mass is 493 g/mol. The van der Waals surface area contributed by atoms with E-state index in [4.69, 9.17) is 11.6 Å². The van der Waals surface area contributed by atoms with Crippen LogP contribution in [0.15, 0.2) is 54.7 Å². The van der Waals surface area contributed by atoms with E-state index in [0.717, 1.165) is 29.7 Å². The van der Waals surface area contributed by atoms with Crippen LogP contribution in [-0.2, 0) is 11.3 Å². The summed E-state index contributed by atoms with van der Waals surface area (Å²) in [5.74, 6) is 0.157. The zero-order valence-corrected chi connectivity index (χ0v) is 21.3. The number of para-hydroxylation sites is 1. The van der Waals surface area contributed by atoms with Crippen LogP contribution in [0.4, 0.5) is 5.69 Å². The Labute approximate surface area is 211 Å². The second-order valence-corrected chi connectivity index (χ2v) is 10.4. The van der Waals surface area contributed by atoms with Gasteiger partial charge < -0.3 is 24.2 Å². The van der Waals surface area contributed by atoms with Crippen LogP contribution in [-0.4, -0.2) is 84.1 Å². The van der Waals surface area contributed by atoms with Gasteiger partial charge in [0.25, 0.3) is 5.91 Å². The van der Waals surface area contributed by atoms with Crippen molar-refractivity contribution in [2.24, 2.45) is 0 Å². The largest absolute Gasteiger partial charge is 0.345 e. The molecule has 3 heterocycles. The van der Waals surface area contributed by atoms with Crippen LogP contribution in [0.2, 0.25) is 5.02 Å². The standard InChI is InChI=1S/C27H32ClN5O2/c1-29(2)15-16-32-18-23(22-10-9-20(28)17-24(22)32)25(34)31-13-11-27(12-14-31)26(35)30(3)19-33(27)21-7-5-4-6-8-21/h4-10,17-18H,11-16,19H2,1-3H3. The number of hydrogen-bond acceptors (Lipinski definition) is 4. The molecule has 2 saturated heterocycles. The third-order valence-electron chi connectivity index (χ3n) is 7.42. The maximum Gasteiger partial charge on any atom is 0.256 e. The zero-order chi connectivity index (χ0) is 24.7. The summed E-state index contributed by atoms with van der Waals surface area (Å²) in [6, 6.07) is 15.8. The van der Waals surface area contributed by atoms with Gasteiger partial charge in [-0.3, -0.25) is 9.59 Å². The number of likely N-dealkylation sites (tertiary alicyclic amines) is 1. The van der Waals surface area contributed by atoms with Gasteiger partial charge >= 0.3 is 0 Å². The quantitative estimate of drug-likeness (QED) is 0.543. The highest BCUT2D eigenvalue weighted by atomic mass is 35.5. The van der Waals surface area contributed by atoms with Crippen molar-refractivity contribution in [2.75, 3.05) is 52.3 Å². The normalized spacial score (nSPS) is 17.9. The summed E-state index contributed by atoms with van der Waals surface area (Å²) >= 11 is 6.29. The van der Waals surface area contributed by atoms with Gasteiger partial charge in [0, 0.05) is 55.5 Å². The Morgan fingerprint density at radius 2 is 1.80 bits per heavy atom. The number of fused-ring (bicyclic) bond motifs is 1. The molecule has 184 valence electrons. The van der Waals surface area contributed by atoms with Gasteiger partial charge in [-0.1, -0.05) is 35.9 Å². The van der Waals surface area contributed by atoms with Crippen molar-refractivity contribution < 1.29 is 9.59 Å². The third kappa shape index (κ3) is 4.17. The number of anilines is 1. The molecule has 5 rings (SSSR count). The highest BCUT2D eigenvalue weighted by Crippen LogP contribution is 2.39. The number of carbonyl (C=O) groups is 2. The first kappa shape index (κ1) is 23.7. The first-order valence-electron chi connectivity index (χ1n) is 12.1. The molecule has 35 heavy (non-hydrogen) atoms. The lowest BCUT2D eigenvalue weighted by atomic mass is 9.85. The van der Waals surface area contributed by atoms with Crippen molar-refractivity contribution in [1.82, 2.24) is 19.3 Å². The second-order valence-electron chi connectivity index (χ2n) is 9.93. The molecule has 0 bridgehead atoms. The highest BCUT2D eigenvalue weighted by Gasteiger charge is 2.53. The van der Waals surface area contributed by atoms with Crippen LogP contribution in [0.3, 0.4) is 0 Å². The molecule has 1 spiro atoms. The molecule has 0 aliphatic carbocycles. The van der Waals surface area contributed by atoms with Crippen molar-refractivity contribution >= 4 is 40.0 Å². The Morgan fingerprint density at radius 1 is 1.09 bits per heavy atom. The Balaban J connectivity index is 1.40. The van der Waals surface area contributed by atoms with Crippen LogP contribution < -0.4 is 4.90 Å². The molecule has 3 aromatic rings. The molecule has 2 amide bonds. The predicted octanol–water partition coefficient (Wildman–Crippen LogP) is 3.77. The highest BCUT2D eigenvalue weighted by molar-refractivity contribution is 6.31. The fourth-order valence-electron chi connectivity index (χ4n) is 5.48. The van der Waals surface area contributed by atoms with Crippen LogP contribution in [0.5, 0.6) is 0 Å². The number of likely N-dealkylation sites (N-methyl/N-ethyl adjacent to an activating group) is 2. The lowest BCUT2D eigenvalue weighted by Gasteiger charge is -2.43. The molecular weight excluding hydrogens is 462 g/mol. The van der Waals surface area contributed by atoms with E-state index in [-0.39, 0.29) is 11.8 Å². The van der Waals surface area contributed by atoms with Crippen molar-refractivity contribution in [3.63, 3.8) is 0 Å². The Hall–Kier alpha value is -3.03. The summed E-state index contributed by atoms with van der Waals surface area (Å²) in [6.45, 7) is 3.28. The van der Waals surface area contributed by atoms with Gasteiger partial charge in [0.2, 0.25) is 5.91 Å². The summed E-state index contributed by atoms with van der Waals surface area (Å²) in [5, 5.41) is 1.58. The third-order valence-corrected chi connectivity index (χ3v) is 7.66. The average molecular weight is 494 g/mol. The lowest BCUT2D eigenvalue weighted by molar-refractivity contribution is -0.132. The van der Waals surface area contributed by atoms with Gasteiger partial charge in [-0.05, 0) is 51.2 Å². The van der Waals surface area contributed by atoms with Gasteiger partial charge in [-0.15, -0.1) is 0 Å². The van der Waals surface area contributed by atoms with E-state index < -0.39 is 5.54 Å². The van der Waals surface area contributed by atoms with Gasteiger partial charge in [0.15, 0.2) is 0 Å². The van der Waals surface area contributed by atoms with Gasteiger partial charge in [-0.2, -0.15) is 0 Å². The van der Waals surface area contributed by atoms with Crippen molar-refractivity contribution in [1.29, 1.82) is 0 Å².